The van der Waals surface area contributed by atoms with Crippen molar-refractivity contribution in [2.24, 2.45) is 16.8 Å². The van der Waals surface area contributed by atoms with Crippen LogP contribution in [0.1, 0.15) is 42.0 Å². The molecule has 7 aromatic rings. The first-order valence-corrected chi connectivity index (χ1v) is 22.1. The van der Waals surface area contributed by atoms with Crippen LogP contribution in [0.25, 0.3) is 49.8 Å². The average Bonchev–Trinajstić information content (AvgIpc) is 3.92. The van der Waals surface area contributed by atoms with Crippen molar-refractivity contribution in [3.8, 4) is 22.4 Å². The Kier molecular flexibility index (Phi) is 9.02. The van der Waals surface area contributed by atoms with Gasteiger partial charge in [0.05, 0.1) is 23.3 Å². The van der Waals surface area contributed by atoms with Crippen LogP contribution in [0.15, 0.2) is 217 Å². The molecule has 0 spiro atoms. The molecule has 2 aromatic heterocycles. The van der Waals surface area contributed by atoms with Gasteiger partial charge in [0.1, 0.15) is 5.69 Å². The van der Waals surface area contributed by atoms with Crippen molar-refractivity contribution in [2.45, 2.75) is 37.3 Å². The molecule has 0 saturated heterocycles. The van der Waals surface area contributed by atoms with Crippen LogP contribution in [0.4, 0.5) is 11.4 Å². The number of aliphatic imine (C=N–C) groups is 1. The minimum atomic E-state index is 0.119. The van der Waals surface area contributed by atoms with Gasteiger partial charge in [-0.15, -0.1) is 0 Å². The van der Waals surface area contributed by atoms with E-state index in [1.807, 2.05) is 0 Å². The third-order valence-electron chi connectivity index (χ3n) is 13.5. The predicted molar refractivity (Wildman–Crippen MR) is 259 cm³/mol. The number of para-hydroxylation sites is 1. The van der Waals surface area contributed by atoms with Gasteiger partial charge in [0.25, 0.3) is 0 Å². The topological polar surface area (TPSA) is 32.9 Å². The number of fused-ring (bicyclic) bond motifs is 6. The molecule has 5 aliphatic rings. The quantitative estimate of drug-likeness (QED) is 0.161. The molecule has 5 atom stereocenters. The SMILES string of the molecule is C1=CCC(C2=NC(C3C=CC(c4nn5c(-c6ccccc6)cc6ccccc6c5c4-c4ccccc4)=CC3)CC(c3cccc(N4c5ccccc5C5C=CC=CC54)c3)=C2)C=C1. The maximum atomic E-state index is 5.59. The normalized spacial score (nSPS) is 22.4. The number of pyridine rings is 1. The van der Waals surface area contributed by atoms with Crippen LogP contribution in [0, 0.1) is 11.8 Å². The lowest BCUT2D eigenvalue weighted by Gasteiger charge is -2.31. The minimum absolute atomic E-state index is 0.119. The number of aromatic nitrogens is 2. The van der Waals surface area contributed by atoms with E-state index in [9.17, 15) is 0 Å². The Labute approximate surface area is 363 Å². The number of allylic oxidation sites excluding steroid dienone is 10. The summed E-state index contributed by atoms with van der Waals surface area (Å²) in [5.41, 5.74) is 15.6. The number of dihydropyridines is 1. The second-order valence-electron chi connectivity index (χ2n) is 17.2. The van der Waals surface area contributed by atoms with Crippen molar-refractivity contribution in [1.82, 2.24) is 9.61 Å². The summed E-state index contributed by atoms with van der Waals surface area (Å²) >= 11 is 0. The highest BCUT2D eigenvalue weighted by Gasteiger charge is 2.37. The first kappa shape index (κ1) is 36.5. The average molecular weight is 799 g/mol. The van der Waals surface area contributed by atoms with Gasteiger partial charge < -0.3 is 4.90 Å². The lowest BCUT2D eigenvalue weighted by Crippen LogP contribution is -2.28. The predicted octanol–water partition coefficient (Wildman–Crippen LogP) is 13.9. The molecular weight excluding hydrogens is 753 g/mol. The number of rotatable bonds is 7. The molecule has 0 radical (unpaired) electrons. The van der Waals surface area contributed by atoms with Crippen molar-refractivity contribution in [1.29, 1.82) is 0 Å². The Bertz CT molecular complexity index is 3130. The van der Waals surface area contributed by atoms with Crippen LogP contribution < -0.4 is 4.90 Å². The van der Waals surface area contributed by atoms with E-state index in [2.05, 4.69) is 222 Å². The van der Waals surface area contributed by atoms with E-state index in [1.165, 1.54) is 55.7 Å². The molecule has 0 amide bonds. The number of anilines is 2. The van der Waals surface area contributed by atoms with Gasteiger partial charge in [-0.25, -0.2) is 4.52 Å². The van der Waals surface area contributed by atoms with Gasteiger partial charge in [-0.1, -0.05) is 182 Å². The van der Waals surface area contributed by atoms with Crippen molar-refractivity contribution >= 4 is 44.5 Å². The van der Waals surface area contributed by atoms with E-state index in [-0.39, 0.29) is 23.9 Å². The van der Waals surface area contributed by atoms with Crippen LogP contribution in [-0.2, 0) is 0 Å². The highest BCUT2D eigenvalue weighted by atomic mass is 15.2. The largest absolute Gasteiger partial charge is 0.333 e. The van der Waals surface area contributed by atoms with E-state index >= 15 is 0 Å². The summed E-state index contributed by atoms with van der Waals surface area (Å²) in [4.78, 5) is 8.13. The fraction of sp³-hybridized carbons (Fsp3) is 0.138. The molecule has 4 heterocycles. The summed E-state index contributed by atoms with van der Waals surface area (Å²) < 4.78 is 2.19. The molecule has 298 valence electrons. The Balaban J connectivity index is 0.909. The molecule has 0 fully saturated rings. The molecule has 62 heavy (non-hydrogen) atoms. The number of benzene rings is 5. The van der Waals surface area contributed by atoms with E-state index < -0.39 is 0 Å². The molecule has 0 saturated carbocycles. The Hall–Kier alpha value is -7.30. The summed E-state index contributed by atoms with van der Waals surface area (Å²) in [5.74, 6) is 0.880. The van der Waals surface area contributed by atoms with Gasteiger partial charge >= 0.3 is 0 Å². The zero-order valence-corrected chi connectivity index (χ0v) is 34.5. The minimum Gasteiger partial charge on any atom is -0.333 e. The smallest absolute Gasteiger partial charge is 0.101 e. The van der Waals surface area contributed by atoms with Gasteiger partial charge in [0.2, 0.25) is 0 Å². The van der Waals surface area contributed by atoms with E-state index in [0.29, 0.717) is 5.92 Å². The number of hydrogen-bond acceptors (Lipinski definition) is 3. The van der Waals surface area contributed by atoms with Gasteiger partial charge in [-0.05, 0) is 82.8 Å². The Morgan fingerprint density at radius 2 is 1.40 bits per heavy atom. The fourth-order valence-electron chi connectivity index (χ4n) is 10.5. The molecule has 0 bridgehead atoms. The molecule has 0 N–H and O–H groups in total. The zero-order chi connectivity index (χ0) is 41.0. The molecule has 12 rings (SSSR count). The van der Waals surface area contributed by atoms with Gasteiger partial charge in [-0.2, -0.15) is 5.10 Å². The highest BCUT2D eigenvalue weighted by Crippen LogP contribution is 2.48. The molecule has 4 heteroatoms. The van der Waals surface area contributed by atoms with E-state index in [1.54, 1.807) is 0 Å². The van der Waals surface area contributed by atoms with Crippen LogP contribution in [0.5, 0.6) is 0 Å². The monoisotopic (exact) mass is 798 g/mol. The zero-order valence-electron chi connectivity index (χ0n) is 34.5. The first-order chi connectivity index (χ1) is 30.7. The highest BCUT2D eigenvalue weighted by molar-refractivity contribution is 6.08. The first-order valence-electron chi connectivity index (χ1n) is 22.1. The summed E-state index contributed by atoms with van der Waals surface area (Å²) in [6.45, 7) is 0. The second kappa shape index (κ2) is 15.3. The molecule has 4 nitrogen and oxygen atoms in total. The summed E-state index contributed by atoms with van der Waals surface area (Å²) in [6.07, 6.45) is 30.4. The van der Waals surface area contributed by atoms with Crippen molar-refractivity contribution in [3.63, 3.8) is 0 Å². The van der Waals surface area contributed by atoms with Crippen LogP contribution in [0.3, 0.4) is 0 Å². The van der Waals surface area contributed by atoms with Crippen molar-refractivity contribution in [3.05, 3.63) is 229 Å². The van der Waals surface area contributed by atoms with E-state index in [4.69, 9.17) is 10.1 Å². The van der Waals surface area contributed by atoms with Crippen LogP contribution >= 0.6 is 0 Å². The lowest BCUT2D eigenvalue weighted by molar-refractivity contribution is 0.509. The lowest BCUT2D eigenvalue weighted by atomic mass is 9.81. The van der Waals surface area contributed by atoms with Gasteiger partial charge in [0, 0.05) is 51.4 Å². The Morgan fingerprint density at radius 3 is 2.24 bits per heavy atom. The number of nitrogens with zero attached hydrogens (tertiary/aromatic N) is 4. The molecule has 5 unspecified atom stereocenters. The molecule has 3 aliphatic carbocycles. The van der Waals surface area contributed by atoms with Crippen LogP contribution in [-0.4, -0.2) is 27.4 Å². The van der Waals surface area contributed by atoms with E-state index in [0.717, 1.165) is 47.3 Å². The summed E-state index contributed by atoms with van der Waals surface area (Å²) in [5, 5.41) is 7.92. The summed E-state index contributed by atoms with van der Waals surface area (Å²) in [6, 6.07) is 51.0. The molecule has 5 aromatic carbocycles. The standard InChI is InChI=1S/C58H46N4/c1-4-17-39(18-5-1)51-36-46(44-24-16-25-47(35-44)61-53-29-14-12-27-49(53)50-28-13-15-30-54(50)61)37-52(59-51)40-31-33-43(34-32-40)57-56(42-21-8-3-9-22-42)58-48-26-11-10-23-45(48)38-55(62(58)60-57)41-19-6-2-7-20-41/h1-17,19-31,33-36,38-40,49,52-53H,18,32,37H2. The van der Waals surface area contributed by atoms with Gasteiger partial charge in [-0.3, -0.25) is 4.99 Å². The van der Waals surface area contributed by atoms with Crippen molar-refractivity contribution < 1.29 is 0 Å². The fourth-order valence-corrected chi connectivity index (χ4v) is 10.5. The maximum Gasteiger partial charge on any atom is 0.101 e. The molecule has 2 aliphatic heterocycles. The number of hydrogen-bond donors (Lipinski definition) is 0. The van der Waals surface area contributed by atoms with Gasteiger partial charge in [0.15, 0.2) is 0 Å². The van der Waals surface area contributed by atoms with Crippen molar-refractivity contribution in [2.75, 3.05) is 4.90 Å². The third-order valence-corrected chi connectivity index (χ3v) is 13.5. The molecular formula is C58H46N4. The van der Waals surface area contributed by atoms with Crippen LogP contribution in [0.2, 0.25) is 0 Å². The third kappa shape index (κ3) is 6.29. The second-order valence-corrected chi connectivity index (χ2v) is 17.2. The summed E-state index contributed by atoms with van der Waals surface area (Å²) in [7, 11) is 0. The Morgan fingerprint density at radius 1 is 0.629 bits per heavy atom. The maximum absolute atomic E-state index is 5.59.